The van der Waals surface area contributed by atoms with Gasteiger partial charge in [0.2, 0.25) is 0 Å². The van der Waals surface area contributed by atoms with E-state index in [2.05, 4.69) is 4.98 Å². The van der Waals surface area contributed by atoms with Gasteiger partial charge in [0, 0.05) is 26.5 Å². The third-order valence-corrected chi connectivity index (χ3v) is 1.35. The Bertz CT molecular complexity index is 251. The van der Waals surface area contributed by atoms with Gasteiger partial charge in [0.05, 0.1) is 0 Å². The number of nitrogen functional groups attached to an aromatic ring is 1. The van der Waals surface area contributed by atoms with E-state index in [0.717, 1.165) is 20.3 Å². The minimum atomic E-state index is 0.00981. The molecule has 4 N–H and O–H groups in total. The van der Waals surface area contributed by atoms with Crippen LogP contribution in [0.5, 0.6) is 0 Å². The summed E-state index contributed by atoms with van der Waals surface area (Å²) < 4.78 is 4.83. The average molecular weight is 227 g/mol. The van der Waals surface area contributed by atoms with Gasteiger partial charge < -0.3 is 15.6 Å². The Hall–Kier alpha value is -1.46. The van der Waals surface area contributed by atoms with Gasteiger partial charge in [-0.05, 0) is 26.0 Å². The number of ether oxygens (including phenoxy) is 1. The van der Waals surface area contributed by atoms with Crippen molar-refractivity contribution >= 4 is 5.84 Å². The zero-order chi connectivity index (χ0) is 12.8. The lowest BCUT2D eigenvalue weighted by molar-refractivity contribution is 0.162. The molecule has 0 aliphatic heterocycles. The van der Waals surface area contributed by atoms with Crippen molar-refractivity contribution in [2.24, 2.45) is 5.73 Å². The van der Waals surface area contributed by atoms with Crippen LogP contribution in [0, 0.1) is 5.41 Å². The molecule has 0 bridgehead atoms. The first-order chi connectivity index (χ1) is 7.72. The van der Waals surface area contributed by atoms with Crippen molar-refractivity contribution in [2.45, 2.75) is 13.8 Å². The Labute approximate surface area is 96.8 Å². The molecular weight excluding hydrogens is 206 g/mol. The van der Waals surface area contributed by atoms with Crippen molar-refractivity contribution in [1.29, 1.82) is 5.41 Å². The van der Waals surface area contributed by atoms with E-state index in [-0.39, 0.29) is 5.84 Å². The number of aliphatic hydroxyl groups is 1. The summed E-state index contributed by atoms with van der Waals surface area (Å²) >= 11 is 0. The van der Waals surface area contributed by atoms with E-state index in [1.807, 2.05) is 13.8 Å². The number of nitrogens with zero attached hydrogens (tertiary/aromatic N) is 1. The van der Waals surface area contributed by atoms with Crippen molar-refractivity contribution in [3.05, 3.63) is 30.1 Å². The molecule has 0 aromatic carbocycles. The fourth-order valence-electron chi connectivity index (χ4n) is 0.726. The standard InChI is InChI=1S/C6H7N3.C4H10O.CH4O/c7-6(8)5-3-1-2-4-9-5;1-3-5-4-2;1-2/h1-4H,(H3,7,8);3-4H2,1-2H3;2H,1H3. The second-order valence-corrected chi connectivity index (χ2v) is 2.41. The Morgan fingerprint density at radius 3 is 2.12 bits per heavy atom. The molecule has 0 spiro atoms. The maximum atomic E-state index is 7.00. The van der Waals surface area contributed by atoms with Crippen LogP contribution in [0.4, 0.5) is 0 Å². The van der Waals surface area contributed by atoms with E-state index in [4.69, 9.17) is 21.0 Å². The summed E-state index contributed by atoms with van der Waals surface area (Å²) in [6.07, 6.45) is 1.61. The maximum Gasteiger partial charge on any atom is 0.141 e. The molecule has 0 amide bonds. The second-order valence-electron chi connectivity index (χ2n) is 2.41. The van der Waals surface area contributed by atoms with Crippen LogP contribution in [0.2, 0.25) is 0 Å². The molecule has 0 radical (unpaired) electrons. The van der Waals surface area contributed by atoms with Crippen LogP contribution in [0.25, 0.3) is 0 Å². The lowest BCUT2D eigenvalue weighted by Crippen LogP contribution is -2.12. The van der Waals surface area contributed by atoms with Crippen LogP contribution in [-0.4, -0.2) is 36.2 Å². The molecule has 0 aliphatic rings. The highest BCUT2D eigenvalue weighted by Crippen LogP contribution is 1.88. The van der Waals surface area contributed by atoms with E-state index >= 15 is 0 Å². The molecule has 0 saturated heterocycles. The monoisotopic (exact) mass is 227 g/mol. The highest BCUT2D eigenvalue weighted by Gasteiger charge is 1.91. The van der Waals surface area contributed by atoms with Gasteiger partial charge in [-0.2, -0.15) is 0 Å². The minimum Gasteiger partial charge on any atom is -0.400 e. The number of nitrogens with two attached hydrogens (primary N) is 1. The predicted molar refractivity (Wildman–Crippen MR) is 65.6 cm³/mol. The summed E-state index contributed by atoms with van der Waals surface area (Å²) in [6.45, 7) is 5.67. The van der Waals surface area contributed by atoms with E-state index in [0.29, 0.717) is 5.69 Å². The number of aromatic nitrogens is 1. The quantitative estimate of drug-likeness (QED) is 0.531. The summed E-state index contributed by atoms with van der Waals surface area (Å²) in [5.74, 6) is 0.00981. The summed E-state index contributed by atoms with van der Waals surface area (Å²) in [5.41, 5.74) is 5.66. The summed E-state index contributed by atoms with van der Waals surface area (Å²) in [7, 11) is 1.00. The smallest absolute Gasteiger partial charge is 0.141 e. The van der Waals surface area contributed by atoms with E-state index < -0.39 is 0 Å². The van der Waals surface area contributed by atoms with Gasteiger partial charge in [-0.25, -0.2) is 0 Å². The lowest BCUT2D eigenvalue weighted by atomic mass is 10.3. The van der Waals surface area contributed by atoms with Crippen molar-refractivity contribution < 1.29 is 9.84 Å². The molecule has 1 aromatic rings. The van der Waals surface area contributed by atoms with Crippen LogP contribution in [0.3, 0.4) is 0 Å². The van der Waals surface area contributed by atoms with Crippen molar-refractivity contribution in [1.82, 2.24) is 4.98 Å². The third-order valence-electron chi connectivity index (χ3n) is 1.35. The molecule has 1 aromatic heterocycles. The van der Waals surface area contributed by atoms with Crippen molar-refractivity contribution in [3.8, 4) is 0 Å². The van der Waals surface area contributed by atoms with Gasteiger partial charge in [0.25, 0.3) is 0 Å². The van der Waals surface area contributed by atoms with Crippen LogP contribution in [0.15, 0.2) is 24.4 Å². The molecule has 16 heavy (non-hydrogen) atoms. The number of amidine groups is 1. The van der Waals surface area contributed by atoms with Gasteiger partial charge in [-0.3, -0.25) is 10.4 Å². The number of hydrogen-bond acceptors (Lipinski definition) is 4. The molecule has 0 atom stereocenters. The molecule has 0 unspecified atom stereocenters. The number of rotatable bonds is 3. The van der Waals surface area contributed by atoms with Crippen LogP contribution >= 0.6 is 0 Å². The maximum absolute atomic E-state index is 7.00. The fourth-order valence-corrected chi connectivity index (χ4v) is 0.726. The fraction of sp³-hybridized carbons (Fsp3) is 0.455. The summed E-state index contributed by atoms with van der Waals surface area (Å²) in [4.78, 5) is 3.83. The predicted octanol–water partition coefficient (Wildman–Crippen LogP) is 1.02. The third kappa shape index (κ3) is 10.6. The number of pyridine rings is 1. The Morgan fingerprint density at radius 2 is 1.94 bits per heavy atom. The molecular formula is C11H21N3O2. The number of hydrogen-bond donors (Lipinski definition) is 3. The molecule has 5 heteroatoms. The zero-order valence-electron chi connectivity index (χ0n) is 10.1. The Balaban J connectivity index is 0. The van der Waals surface area contributed by atoms with Crippen LogP contribution in [0.1, 0.15) is 19.5 Å². The van der Waals surface area contributed by atoms with Gasteiger partial charge >= 0.3 is 0 Å². The molecule has 1 rings (SSSR count). The van der Waals surface area contributed by atoms with Gasteiger partial charge in [0.1, 0.15) is 11.5 Å². The number of nitrogens with one attached hydrogen (secondary N) is 1. The first kappa shape index (κ1) is 17.0. The van der Waals surface area contributed by atoms with Crippen LogP contribution < -0.4 is 5.73 Å². The second kappa shape index (κ2) is 13.5. The largest absolute Gasteiger partial charge is 0.400 e. The topological polar surface area (TPSA) is 92.2 Å². The van der Waals surface area contributed by atoms with Gasteiger partial charge in [0.15, 0.2) is 0 Å². The Morgan fingerprint density at radius 1 is 1.38 bits per heavy atom. The molecule has 0 aliphatic carbocycles. The first-order valence-corrected chi connectivity index (χ1v) is 5.00. The zero-order valence-corrected chi connectivity index (χ0v) is 10.1. The molecule has 0 saturated carbocycles. The molecule has 1 heterocycles. The van der Waals surface area contributed by atoms with Gasteiger partial charge in [-0.1, -0.05) is 6.07 Å². The van der Waals surface area contributed by atoms with Crippen molar-refractivity contribution in [3.63, 3.8) is 0 Å². The van der Waals surface area contributed by atoms with Crippen LogP contribution in [-0.2, 0) is 4.74 Å². The normalized spacial score (nSPS) is 8.00. The summed E-state index contributed by atoms with van der Waals surface area (Å²) in [5, 5.41) is 14.0. The molecule has 0 fully saturated rings. The van der Waals surface area contributed by atoms with E-state index in [1.165, 1.54) is 0 Å². The van der Waals surface area contributed by atoms with E-state index in [9.17, 15) is 0 Å². The SMILES string of the molecule is CCOCC.CO.N=C(N)c1ccccn1. The van der Waals surface area contributed by atoms with Gasteiger partial charge in [-0.15, -0.1) is 0 Å². The first-order valence-electron chi connectivity index (χ1n) is 5.00. The highest BCUT2D eigenvalue weighted by molar-refractivity contribution is 5.92. The molecule has 5 nitrogen and oxygen atoms in total. The lowest BCUT2D eigenvalue weighted by Gasteiger charge is -1.91. The average Bonchev–Trinajstić information content (AvgIpc) is 2.34. The number of aliphatic hydroxyl groups excluding tert-OH is 1. The van der Waals surface area contributed by atoms with Crippen molar-refractivity contribution in [2.75, 3.05) is 20.3 Å². The Kier molecular flexibility index (Phi) is 14.3. The highest BCUT2D eigenvalue weighted by atomic mass is 16.5. The minimum absolute atomic E-state index is 0.00981. The molecule has 92 valence electrons. The summed E-state index contributed by atoms with van der Waals surface area (Å²) in [6, 6.07) is 5.28. The van der Waals surface area contributed by atoms with E-state index in [1.54, 1.807) is 24.4 Å².